The van der Waals surface area contributed by atoms with Crippen LogP contribution in [0, 0.1) is 6.92 Å². The Morgan fingerprint density at radius 2 is 2.21 bits per heavy atom. The van der Waals surface area contributed by atoms with Crippen LogP contribution in [0.2, 0.25) is 0 Å². The Labute approximate surface area is 87.4 Å². The van der Waals surface area contributed by atoms with E-state index in [0.29, 0.717) is 0 Å². The molecule has 14 heavy (non-hydrogen) atoms. The maximum Gasteiger partial charge on any atom is 0.160 e. The lowest BCUT2D eigenvalue weighted by atomic mass is 10.1. The molecule has 0 atom stereocenters. The molecular formula is C12H12OS. The summed E-state index contributed by atoms with van der Waals surface area (Å²) in [4.78, 5) is 11.7. The van der Waals surface area contributed by atoms with Crippen molar-refractivity contribution in [1.29, 1.82) is 0 Å². The maximum absolute atomic E-state index is 10.9. The standard InChI is InChI=1S/C12H12OS/c1-3-9-10-6-8(2)4-5-11(10)14-12(9)7-13/h4-7H,3H2,1-2H3. The molecule has 2 heteroatoms. The van der Waals surface area contributed by atoms with E-state index >= 15 is 0 Å². The lowest BCUT2D eigenvalue weighted by molar-refractivity contribution is 0.112. The van der Waals surface area contributed by atoms with Crippen molar-refractivity contribution in [2.24, 2.45) is 0 Å². The van der Waals surface area contributed by atoms with Gasteiger partial charge in [0.15, 0.2) is 6.29 Å². The summed E-state index contributed by atoms with van der Waals surface area (Å²) in [5.74, 6) is 0. The molecule has 0 bridgehead atoms. The zero-order valence-corrected chi connectivity index (χ0v) is 9.15. The van der Waals surface area contributed by atoms with Crippen molar-refractivity contribution < 1.29 is 4.79 Å². The second kappa shape index (κ2) is 3.54. The number of thiophene rings is 1. The molecule has 0 amide bonds. The van der Waals surface area contributed by atoms with Crippen molar-refractivity contribution in [2.75, 3.05) is 0 Å². The van der Waals surface area contributed by atoms with Gasteiger partial charge in [0.2, 0.25) is 0 Å². The van der Waals surface area contributed by atoms with E-state index in [1.165, 1.54) is 21.2 Å². The van der Waals surface area contributed by atoms with Gasteiger partial charge in [0.1, 0.15) is 0 Å². The summed E-state index contributed by atoms with van der Waals surface area (Å²) in [6, 6.07) is 6.35. The van der Waals surface area contributed by atoms with Gasteiger partial charge in [0, 0.05) is 4.70 Å². The van der Waals surface area contributed by atoms with Crippen LogP contribution in [0.3, 0.4) is 0 Å². The molecule has 2 rings (SSSR count). The largest absolute Gasteiger partial charge is 0.297 e. The molecule has 1 aromatic carbocycles. The number of hydrogen-bond acceptors (Lipinski definition) is 2. The van der Waals surface area contributed by atoms with Crippen molar-refractivity contribution in [1.82, 2.24) is 0 Å². The average molecular weight is 204 g/mol. The molecule has 0 aliphatic heterocycles. The number of rotatable bonds is 2. The van der Waals surface area contributed by atoms with Gasteiger partial charge in [0.05, 0.1) is 4.88 Å². The van der Waals surface area contributed by atoms with Gasteiger partial charge >= 0.3 is 0 Å². The van der Waals surface area contributed by atoms with E-state index < -0.39 is 0 Å². The van der Waals surface area contributed by atoms with Crippen LogP contribution in [-0.4, -0.2) is 6.29 Å². The van der Waals surface area contributed by atoms with E-state index in [4.69, 9.17) is 0 Å². The highest BCUT2D eigenvalue weighted by Gasteiger charge is 2.09. The Kier molecular flexibility index (Phi) is 2.38. The Morgan fingerprint density at radius 3 is 2.86 bits per heavy atom. The fourth-order valence-electron chi connectivity index (χ4n) is 1.74. The SMILES string of the molecule is CCc1c(C=O)sc2ccc(C)cc12. The normalized spacial score (nSPS) is 10.7. The molecule has 1 heterocycles. The number of aldehydes is 1. The Morgan fingerprint density at radius 1 is 1.43 bits per heavy atom. The van der Waals surface area contributed by atoms with Crippen molar-refractivity contribution in [3.63, 3.8) is 0 Å². The number of carbonyl (C=O) groups is 1. The van der Waals surface area contributed by atoms with Crippen LogP contribution in [0.15, 0.2) is 18.2 Å². The smallest absolute Gasteiger partial charge is 0.160 e. The molecule has 2 aromatic rings. The highest BCUT2D eigenvalue weighted by atomic mass is 32.1. The third-order valence-electron chi connectivity index (χ3n) is 2.44. The van der Waals surface area contributed by atoms with Crippen LogP contribution in [0.25, 0.3) is 10.1 Å². The first-order valence-corrected chi connectivity index (χ1v) is 5.55. The van der Waals surface area contributed by atoms with Gasteiger partial charge in [-0.25, -0.2) is 0 Å². The molecule has 0 saturated carbocycles. The maximum atomic E-state index is 10.9. The molecule has 0 N–H and O–H groups in total. The number of fused-ring (bicyclic) bond motifs is 1. The van der Waals surface area contributed by atoms with Crippen molar-refractivity contribution in [3.8, 4) is 0 Å². The average Bonchev–Trinajstić information content (AvgIpc) is 2.54. The second-order valence-electron chi connectivity index (χ2n) is 3.42. The third-order valence-corrected chi connectivity index (χ3v) is 3.58. The topological polar surface area (TPSA) is 17.1 Å². The number of hydrogen-bond donors (Lipinski definition) is 0. The van der Waals surface area contributed by atoms with Crippen molar-refractivity contribution in [2.45, 2.75) is 20.3 Å². The Bertz CT molecular complexity index is 482. The monoisotopic (exact) mass is 204 g/mol. The first kappa shape index (κ1) is 9.41. The summed E-state index contributed by atoms with van der Waals surface area (Å²) < 4.78 is 1.22. The van der Waals surface area contributed by atoms with Gasteiger partial charge in [-0.1, -0.05) is 24.6 Å². The molecule has 0 aliphatic rings. The van der Waals surface area contributed by atoms with Crippen LogP contribution in [0.4, 0.5) is 0 Å². The summed E-state index contributed by atoms with van der Waals surface area (Å²) in [6.45, 7) is 4.17. The molecule has 0 fully saturated rings. The minimum atomic E-state index is 0.883. The Balaban J connectivity index is 2.81. The Hall–Kier alpha value is -1.15. The van der Waals surface area contributed by atoms with Crippen LogP contribution in [0.5, 0.6) is 0 Å². The minimum absolute atomic E-state index is 0.883. The fourth-order valence-corrected chi connectivity index (χ4v) is 2.83. The number of benzene rings is 1. The van der Waals surface area contributed by atoms with Gasteiger partial charge in [-0.15, -0.1) is 11.3 Å². The van der Waals surface area contributed by atoms with E-state index in [1.807, 2.05) is 0 Å². The molecule has 0 unspecified atom stereocenters. The van der Waals surface area contributed by atoms with Crippen molar-refractivity contribution >= 4 is 27.7 Å². The number of aryl methyl sites for hydroxylation is 2. The highest BCUT2D eigenvalue weighted by molar-refractivity contribution is 7.20. The third kappa shape index (κ3) is 1.36. The van der Waals surface area contributed by atoms with Crippen molar-refractivity contribution in [3.05, 3.63) is 34.2 Å². The molecule has 0 spiro atoms. The molecule has 1 aromatic heterocycles. The van der Waals surface area contributed by atoms with E-state index in [2.05, 4.69) is 32.0 Å². The second-order valence-corrected chi connectivity index (χ2v) is 4.50. The van der Waals surface area contributed by atoms with Crippen LogP contribution >= 0.6 is 11.3 Å². The summed E-state index contributed by atoms with van der Waals surface area (Å²) in [5.41, 5.74) is 2.45. The van der Waals surface area contributed by atoms with E-state index in [1.54, 1.807) is 11.3 Å². The molecule has 0 radical (unpaired) electrons. The molecular weight excluding hydrogens is 192 g/mol. The first-order valence-electron chi connectivity index (χ1n) is 4.73. The fraction of sp³-hybridized carbons (Fsp3) is 0.250. The van der Waals surface area contributed by atoms with E-state index in [9.17, 15) is 4.79 Å². The van der Waals surface area contributed by atoms with E-state index in [-0.39, 0.29) is 0 Å². The molecule has 0 aliphatic carbocycles. The summed E-state index contributed by atoms with van der Waals surface area (Å²) in [6.07, 6.45) is 1.90. The quantitative estimate of drug-likeness (QED) is 0.683. The summed E-state index contributed by atoms with van der Waals surface area (Å²) in [5, 5.41) is 1.25. The van der Waals surface area contributed by atoms with Gasteiger partial charge < -0.3 is 0 Å². The summed E-state index contributed by atoms with van der Waals surface area (Å²) >= 11 is 1.59. The zero-order valence-electron chi connectivity index (χ0n) is 8.33. The van der Waals surface area contributed by atoms with Gasteiger partial charge in [-0.2, -0.15) is 0 Å². The molecule has 72 valence electrons. The number of carbonyl (C=O) groups excluding carboxylic acids is 1. The lowest BCUT2D eigenvalue weighted by Gasteiger charge is -1.96. The predicted molar refractivity (Wildman–Crippen MR) is 61.3 cm³/mol. The van der Waals surface area contributed by atoms with Gasteiger partial charge in [-0.3, -0.25) is 4.79 Å². The van der Waals surface area contributed by atoms with Crippen LogP contribution in [0.1, 0.15) is 27.7 Å². The van der Waals surface area contributed by atoms with Crippen LogP contribution in [-0.2, 0) is 6.42 Å². The van der Waals surface area contributed by atoms with Gasteiger partial charge in [0.25, 0.3) is 0 Å². The minimum Gasteiger partial charge on any atom is -0.297 e. The summed E-state index contributed by atoms with van der Waals surface area (Å²) in [7, 11) is 0. The molecule has 1 nitrogen and oxygen atoms in total. The van der Waals surface area contributed by atoms with Crippen LogP contribution < -0.4 is 0 Å². The predicted octanol–water partition coefficient (Wildman–Crippen LogP) is 3.58. The lowest BCUT2D eigenvalue weighted by Crippen LogP contribution is -1.83. The van der Waals surface area contributed by atoms with E-state index in [0.717, 1.165) is 17.6 Å². The molecule has 0 saturated heterocycles. The van der Waals surface area contributed by atoms with Gasteiger partial charge in [-0.05, 0) is 30.4 Å². The first-order chi connectivity index (χ1) is 6.76. The highest BCUT2D eigenvalue weighted by Crippen LogP contribution is 2.31. The zero-order chi connectivity index (χ0) is 10.1.